The predicted molar refractivity (Wildman–Crippen MR) is 37.4 cm³/mol. The van der Waals surface area contributed by atoms with E-state index in [0.717, 1.165) is 6.54 Å². The Morgan fingerprint density at radius 3 is 3.12 bits per heavy atom. The maximum absolute atomic E-state index is 3.26. The fourth-order valence-corrected chi connectivity index (χ4v) is 1.55. The molecule has 2 N–H and O–H groups in total. The van der Waals surface area contributed by atoms with Gasteiger partial charge < -0.3 is 0 Å². The molecule has 0 saturated carbocycles. The van der Waals surface area contributed by atoms with E-state index in [0.29, 0.717) is 6.04 Å². The Kier molecular flexibility index (Phi) is 2.66. The lowest BCUT2D eigenvalue weighted by molar-refractivity contribution is 0.594. The lowest BCUT2D eigenvalue weighted by Crippen LogP contribution is -2.20. The van der Waals surface area contributed by atoms with Crippen LogP contribution in [0.1, 0.15) is 19.8 Å². The van der Waals surface area contributed by atoms with Crippen molar-refractivity contribution in [2.24, 2.45) is 0 Å². The molecule has 3 heteroatoms. The molecule has 0 bridgehead atoms. The second kappa shape index (κ2) is 3.33. The number of nitrogens with one attached hydrogen (secondary N) is 2. The zero-order valence-electron chi connectivity index (χ0n) is 5.11. The van der Waals surface area contributed by atoms with Gasteiger partial charge in [-0.2, -0.15) is 0 Å². The van der Waals surface area contributed by atoms with Crippen molar-refractivity contribution in [3.05, 3.63) is 0 Å². The van der Waals surface area contributed by atoms with Gasteiger partial charge in [0.2, 0.25) is 0 Å². The highest BCUT2D eigenvalue weighted by molar-refractivity contribution is 7.95. The summed E-state index contributed by atoms with van der Waals surface area (Å²) in [5.41, 5.74) is 0. The molecule has 1 rings (SSSR count). The van der Waals surface area contributed by atoms with Gasteiger partial charge in [0.15, 0.2) is 0 Å². The Bertz CT molecular complexity index is 61.4. The standard InChI is InChI=1S/C5H12N2S/c1-2-3-5-4-6-8-7-5/h5-7H,2-4H2,1H3. The van der Waals surface area contributed by atoms with Crippen LogP contribution in [0.15, 0.2) is 0 Å². The van der Waals surface area contributed by atoms with Gasteiger partial charge in [0, 0.05) is 24.7 Å². The molecule has 0 aromatic heterocycles. The zero-order valence-corrected chi connectivity index (χ0v) is 5.92. The Morgan fingerprint density at radius 2 is 2.62 bits per heavy atom. The van der Waals surface area contributed by atoms with E-state index < -0.39 is 0 Å². The molecule has 1 saturated heterocycles. The van der Waals surface area contributed by atoms with Gasteiger partial charge >= 0.3 is 0 Å². The average Bonchev–Trinajstić information content (AvgIpc) is 2.19. The van der Waals surface area contributed by atoms with Gasteiger partial charge in [-0.15, -0.1) is 0 Å². The average molecular weight is 132 g/mol. The minimum atomic E-state index is 0.713. The van der Waals surface area contributed by atoms with E-state index in [1.54, 1.807) is 12.1 Å². The van der Waals surface area contributed by atoms with E-state index in [9.17, 15) is 0 Å². The summed E-state index contributed by atoms with van der Waals surface area (Å²) in [6, 6.07) is 0.713. The van der Waals surface area contributed by atoms with E-state index in [-0.39, 0.29) is 0 Å². The summed E-state index contributed by atoms with van der Waals surface area (Å²) < 4.78 is 6.43. The van der Waals surface area contributed by atoms with Crippen LogP contribution in [0.4, 0.5) is 0 Å². The van der Waals surface area contributed by atoms with Crippen LogP contribution >= 0.6 is 12.1 Å². The third-order valence-electron chi connectivity index (χ3n) is 1.26. The van der Waals surface area contributed by atoms with E-state index >= 15 is 0 Å². The molecule has 1 unspecified atom stereocenters. The van der Waals surface area contributed by atoms with Crippen LogP contribution in [-0.4, -0.2) is 12.6 Å². The van der Waals surface area contributed by atoms with Gasteiger partial charge in [-0.1, -0.05) is 13.3 Å². The van der Waals surface area contributed by atoms with Crippen molar-refractivity contribution in [1.29, 1.82) is 0 Å². The summed E-state index contributed by atoms with van der Waals surface area (Å²) in [6.45, 7) is 3.34. The van der Waals surface area contributed by atoms with Crippen LogP contribution in [0.25, 0.3) is 0 Å². The topological polar surface area (TPSA) is 24.1 Å². The van der Waals surface area contributed by atoms with Crippen molar-refractivity contribution in [3.63, 3.8) is 0 Å². The van der Waals surface area contributed by atoms with Gasteiger partial charge in [-0.3, -0.25) is 0 Å². The molecular formula is C5H12N2S. The SMILES string of the molecule is CCCC1CNSN1. The molecule has 0 radical (unpaired) electrons. The highest BCUT2D eigenvalue weighted by Gasteiger charge is 2.11. The van der Waals surface area contributed by atoms with Crippen molar-refractivity contribution in [2.45, 2.75) is 25.8 Å². The lowest BCUT2D eigenvalue weighted by Gasteiger charge is -2.02. The van der Waals surface area contributed by atoms with E-state index in [4.69, 9.17) is 0 Å². The summed E-state index contributed by atoms with van der Waals surface area (Å²) in [7, 11) is 0. The van der Waals surface area contributed by atoms with Gasteiger partial charge in [0.05, 0.1) is 0 Å². The fraction of sp³-hybridized carbons (Fsp3) is 1.00. The minimum absolute atomic E-state index is 0.713. The first-order valence-corrected chi connectivity index (χ1v) is 3.89. The molecule has 0 aromatic rings. The maximum Gasteiger partial charge on any atom is 0.0318 e. The normalized spacial score (nSPS) is 28.9. The summed E-state index contributed by atoms with van der Waals surface area (Å²) in [4.78, 5) is 0. The maximum atomic E-state index is 3.26. The molecule has 1 fully saturated rings. The highest BCUT2D eigenvalue weighted by atomic mass is 32.2. The molecular weight excluding hydrogens is 120 g/mol. The van der Waals surface area contributed by atoms with E-state index in [1.807, 2.05) is 0 Å². The van der Waals surface area contributed by atoms with Crippen LogP contribution in [0.3, 0.4) is 0 Å². The number of hydrogen-bond acceptors (Lipinski definition) is 3. The first-order chi connectivity index (χ1) is 3.93. The largest absolute Gasteiger partial charge is 0.249 e. The summed E-state index contributed by atoms with van der Waals surface area (Å²) in [6.07, 6.45) is 2.57. The van der Waals surface area contributed by atoms with Gasteiger partial charge in [-0.05, 0) is 6.42 Å². The number of hydrogen-bond donors (Lipinski definition) is 2. The van der Waals surface area contributed by atoms with E-state index in [2.05, 4.69) is 16.4 Å². The molecule has 48 valence electrons. The first kappa shape index (κ1) is 6.39. The van der Waals surface area contributed by atoms with Crippen molar-refractivity contribution < 1.29 is 0 Å². The Balaban J connectivity index is 2.06. The molecule has 2 nitrogen and oxygen atoms in total. The minimum Gasteiger partial charge on any atom is -0.249 e. The fourth-order valence-electron chi connectivity index (χ4n) is 0.818. The third-order valence-corrected chi connectivity index (χ3v) is 2.03. The summed E-state index contributed by atoms with van der Waals surface area (Å²) >= 11 is 1.62. The molecule has 1 aliphatic rings. The van der Waals surface area contributed by atoms with Crippen LogP contribution in [0.5, 0.6) is 0 Å². The molecule has 1 atom stereocenters. The van der Waals surface area contributed by atoms with Crippen molar-refractivity contribution in [2.75, 3.05) is 6.54 Å². The van der Waals surface area contributed by atoms with Crippen LogP contribution in [-0.2, 0) is 0 Å². The lowest BCUT2D eigenvalue weighted by atomic mass is 10.2. The second-order valence-corrected chi connectivity index (χ2v) is 2.78. The molecule has 0 aliphatic carbocycles. The molecule has 0 amide bonds. The first-order valence-electron chi connectivity index (χ1n) is 3.07. The predicted octanol–water partition coefficient (Wildman–Crippen LogP) is 0.911. The van der Waals surface area contributed by atoms with Gasteiger partial charge in [0.25, 0.3) is 0 Å². The monoisotopic (exact) mass is 132 g/mol. The molecule has 8 heavy (non-hydrogen) atoms. The molecule has 1 heterocycles. The third kappa shape index (κ3) is 1.65. The molecule has 0 aromatic carbocycles. The molecule has 0 spiro atoms. The van der Waals surface area contributed by atoms with Gasteiger partial charge in [0.1, 0.15) is 0 Å². The Morgan fingerprint density at radius 1 is 1.75 bits per heavy atom. The van der Waals surface area contributed by atoms with Crippen LogP contribution < -0.4 is 9.44 Å². The Labute approximate surface area is 54.7 Å². The second-order valence-electron chi connectivity index (χ2n) is 2.05. The number of rotatable bonds is 2. The van der Waals surface area contributed by atoms with Crippen molar-refractivity contribution >= 4 is 12.1 Å². The smallest absolute Gasteiger partial charge is 0.0318 e. The van der Waals surface area contributed by atoms with Crippen LogP contribution in [0.2, 0.25) is 0 Å². The summed E-state index contributed by atoms with van der Waals surface area (Å²) in [5, 5.41) is 0. The molecule has 1 aliphatic heterocycles. The Hall–Kier alpha value is 0.270. The van der Waals surface area contributed by atoms with Crippen molar-refractivity contribution in [1.82, 2.24) is 9.44 Å². The van der Waals surface area contributed by atoms with Crippen LogP contribution in [0, 0.1) is 0 Å². The quantitative estimate of drug-likeness (QED) is 0.546. The van der Waals surface area contributed by atoms with E-state index in [1.165, 1.54) is 12.8 Å². The van der Waals surface area contributed by atoms with Crippen molar-refractivity contribution in [3.8, 4) is 0 Å². The van der Waals surface area contributed by atoms with Gasteiger partial charge in [-0.25, -0.2) is 9.44 Å². The highest BCUT2D eigenvalue weighted by Crippen LogP contribution is 2.05. The zero-order chi connectivity index (χ0) is 5.82. The summed E-state index contributed by atoms with van der Waals surface area (Å²) in [5.74, 6) is 0.